The molecule has 0 saturated heterocycles. The van der Waals surface area contributed by atoms with Crippen molar-refractivity contribution < 1.29 is 0 Å². The first-order valence-electron chi connectivity index (χ1n) is 6.27. The third-order valence-corrected chi connectivity index (χ3v) is 4.49. The van der Waals surface area contributed by atoms with Gasteiger partial charge < -0.3 is 10.6 Å². The van der Waals surface area contributed by atoms with Gasteiger partial charge in [-0.3, -0.25) is 0 Å². The minimum atomic E-state index is -0.0228. The van der Waals surface area contributed by atoms with E-state index in [1.807, 2.05) is 12.1 Å². The monoisotopic (exact) mass is 268 g/mol. The Bertz CT molecular complexity index is 593. The van der Waals surface area contributed by atoms with Crippen LogP contribution in [-0.4, -0.2) is 17.4 Å². The van der Waals surface area contributed by atoms with Crippen molar-refractivity contribution in [3.05, 3.63) is 71.8 Å². The topological polar surface area (TPSA) is 29.3 Å². The van der Waals surface area contributed by atoms with E-state index in [0.717, 1.165) is 0 Å². The van der Waals surface area contributed by atoms with Crippen LogP contribution in [0.1, 0.15) is 11.1 Å². The van der Waals surface area contributed by atoms with Gasteiger partial charge in [0.15, 0.2) is 0 Å². The second-order valence-electron chi connectivity index (χ2n) is 4.53. The van der Waals surface area contributed by atoms with Crippen molar-refractivity contribution in [1.82, 2.24) is 4.90 Å². The summed E-state index contributed by atoms with van der Waals surface area (Å²) >= 11 is 1.71. The van der Waals surface area contributed by atoms with E-state index in [0.29, 0.717) is 0 Å². The minimum absolute atomic E-state index is 0.0228. The Morgan fingerprint density at radius 3 is 2.00 bits per heavy atom. The molecule has 2 N–H and O–H groups in total. The number of thioether (sulfide) groups is 1. The second kappa shape index (κ2) is 5.11. The molecule has 0 bridgehead atoms. The summed E-state index contributed by atoms with van der Waals surface area (Å²) in [6.45, 7) is 0. The zero-order chi connectivity index (χ0) is 13.2. The molecule has 0 saturated carbocycles. The Morgan fingerprint density at radius 1 is 0.895 bits per heavy atom. The van der Waals surface area contributed by atoms with Crippen LogP contribution in [0.15, 0.2) is 60.7 Å². The van der Waals surface area contributed by atoms with E-state index in [2.05, 4.69) is 60.5 Å². The van der Waals surface area contributed by atoms with Crippen LogP contribution < -0.4 is 5.73 Å². The Kier molecular flexibility index (Phi) is 3.32. The zero-order valence-electron chi connectivity index (χ0n) is 10.8. The molecule has 0 aliphatic carbocycles. The summed E-state index contributed by atoms with van der Waals surface area (Å²) in [6, 6.07) is 20.9. The van der Waals surface area contributed by atoms with E-state index in [9.17, 15) is 0 Å². The predicted molar refractivity (Wildman–Crippen MR) is 83.0 cm³/mol. The Labute approximate surface area is 117 Å². The molecule has 96 valence electrons. The molecule has 0 radical (unpaired) electrons. The Hall–Kier alpha value is -1.71. The lowest BCUT2D eigenvalue weighted by molar-refractivity contribution is 0.469. The highest BCUT2D eigenvalue weighted by Gasteiger charge is 2.28. The fourth-order valence-corrected chi connectivity index (χ4v) is 3.42. The maximum Gasteiger partial charge on any atom is 0.130 e. The molecule has 1 aliphatic rings. The van der Waals surface area contributed by atoms with Crippen LogP contribution in [0.4, 0.5) is 0 Å². The lowest BCUT2D eigenvalue weighted by atomic mass is 10.1. The number of nitrogens with two attached hydrogens (primary N) is 1. The molecule has 2 aromatic carbocycles. The van der Waals surface area contributed by atoms with Crippen molar-refractivity contribution in [1.29, 1.82) is 0 Å². The normalized spacial score (nSPS) is 19.1. The molecule has 0 fully saturated rings. The fourth-order valence-electron chi connectivity index (χ4n) is 2.27. The summed E-state index contributed by atoms with van der Waals surface area (Å²) in [5, 5.41) is 0. The van der Waals surface area contributed by atoms with Gasteiger partial charge in [-0.2, -0.15) is 0 Å². The highest BCUT2D eigenvalue weighted by atomic mass is 32.2. The minimum Gasteiger partial charge on any atom is -0.349 e. The van der Waals surface area contributed by atoms with Crippen LogP contribution in [-0.2, 0) is 0 Å². The number of nitrogens with zero attached hydrogens (tertiary/aromatic N) is 1. The van der Waals surface area contributed by atoms with Crippen LogP contribution in [0.5, 0.6) is 0 Å². The van der Waals surface area contributed by atoms with Gasteiger partial charge in [0.1, 0.15) is 5.50 Å². The average molecular weight is 268 g/mol. The zero-order valence-corrected chi connectivity index (χ0v) is 11.6. The third-order valence-electron chi connectivity index (χ3n) is 3.27. The largest absolute Gasteiger partial charge is 0.349 e. The van der Waals surface area contributed by atoms with Gasteiger partial charge in [0, 0.05) is 12.0 Å². The molecule has 1 heterocycles. The molecule has 0 spiro atoms. The lowest BCUT2D eigenvalue weighted by Gasteiger charge is -2.20. The van der Waals surface area contributed by atoms with E-state index in [-0.39, 0.29) is 5.50 Å². The fraction of sp³-hybridized carbons (Fsp3) is 0.125. The lowest BCUT2D eigenvalue weighted by Crippen LogP contribution is -2.30. The molecule has 0 amide bonds. The van der Waals surface area contributed by atoms with Gasteiger partial charge in [-0.25, -0.2) is 0 Å². The van der Waals surface area contributed by atoms with Crippen LogP contribution in [0, 0.1) is 0 Å². The van der Waals surface area contributed by atoms with Crippen molar-refractivity contribution >= 4 is 22.4 Å². The van der Waals surface area contributed by atoms with Gasteiger partial charge >= 0.3 is 0 Å². The molecule has 1 atom stereocenters. The van der Waals surface area contributed by atoms with Crippen molar-refractivity contribution in [2.24, 2.45) is 5.73 Å². The molecular weight excluding hydrogens is 252 g/mol. The molecule has 2 aromatic rings. The second-order valence-corrected chi connectivity index (χ2v) is 5.66. The highest BCUT2D eigenvalue weighted by molar-refractivity contribution is 8.09. The van der Waals surface area contributed by atoms with E-state index < -0.39 is 0 Å². The quantitative estimate of drug-likeness (QED) is 0.904. The standard InChI is InChI=1S/C16H16N2S/c1-18-14(12-8-4-2-5-9-12)15(19-16(18)17)13-10-6-3-7-11-13/h2-11,16H,17H2,1H3. The van der Waals surface area contributed by atoms with Crippen LogP contribution >= 0.6 is 11.8 Å². The van der Waals surface area contributed by atoms with Gasteiger partial charge in [-0.15, -0.1) is 0 Å². The molecule has 2 nitrogen and oxygen atoms in total. The molecule has 0 aromatic heterocycles. The molecular formula is C16H16N2S. The summed E-state index contributed by atoms with van der Waals surface area (Å²) in [7, 11) is 2.05. The van der Waals surface area contributed by atoms with E-state index in [4.69, 9.17) is 5.73 Å². The molecule has 3 rings (SSSR count). The predicted octanol–water partition coefficient (Wildman–Crippen LogP) is 3.43. The smallest absolute Gasteiger partial charge is 0.130 e. The van der Waals surface area contributed by atoms with Gasteiger partial charge in [0.2, 0.25) is 0 Å². The first-order valence-corrected chi connectivity index (χ1v) is 7.15. The first kappa shape index (κ1) is 12.3. The van der Waals surface area contributed by atoms with Gasteiger partial charge in [0.25, 0.3) is 0 Å². The summed E-state index contributed by atoms with van der Waals surface area (Å²) in [6.07, 6.45) is 0. The number of rotatable bonds is 2. The summed E-state index contributed by atoms with van der Waals surface area (Å²) in [5.41, 5.74) is 9.81. The van der Waals surface area contributed by atoms with E-state index in [1.54, 1.807) is 11.8 Å². The summed E-state index contributed by atoms with van der Waals surface area (Å²) < 4.78 is 0. The Morgan fingerprint density at radius 2 is 1.42 bits per heavy atom. The van der Waals surface area contributed by atoms with Crippen molar-refractivity contribution in [3.8, 4) is 0 Å². The molecule has 3 heteroatoms. The highest BCUT2D eigenvalue weighted by Crippen LogP contribution is 2.45. The molecule has 1 unspecified atom stereocenters. The SMILES string of the molecule is CN1C(c2ccccc2)=C(c2ccccc2)SC1N. The van der Waals surface area contributed by atoms with Crippen LogP contribution in [0.25, 0.3) is 10.6 Å². The average Bonchev–Trinajstić information content (AvgIpc) is 2.77. The van der Waals surface area contributed by atoms with Crippen molar-refractivity contribution in [2.75, 3.05) is 7.05 Å². The molecule has 1 aliphatic heterocycles. The van der Waals surface area contributed by atoms with Crippen molar-refractivity contribution in [2.45, 2.75) is 5.50 Å². The first-order chi connectivity index (χ1) is 9.27. The number of hydrogen-bond acceptors (Lipinski definition) is 3. The number of hydrogen-bond donors (Lipinski definition) is 1. The van der Waals surface area contributed by atoms with Gasteiger partial charge in [-0.1, -0.05) is 72.4 Å². The maximum absolute atomic E-state index is 6.18. The van der Waals surface area contributed by atoms with Crippen molar-refractivity contribution in [3.63, 3.8) is 0 Å². The van der Waals surface area contributed by atoms with Gasteiger partial charge in [0.05, 0.1) is 5.70 Å². The summed E-state index contributed by atoms with van der Waals surface area (Å²) in [4.78, 5) is 3.39. The van der Waals surface area contributed by atoms with Gasteiger partial charge in [-0.05, 0) is 11.1 Å². The maximum atomic E-state index is 6.18. The van der Waals surface area contributed by atoms with E-state index in [1.165, 1.54) is 21.7 Å². The summed E-state index contributed by atoms with van der Waals surface area (Å²) in [5.74, 6) is 0. The molecule has 19 heavy (non-hydrogen) atoms. The number of benzene rings is 2. The van der Waals surface area contributed by atoms with Crippen LogP contribution in [0.2, 0.25) is 0 Å². The van der Waals surface area contributed by atoms with Crippen LogP contribution in [0.3, 0.4) is 0 Å². The van der Waals surface area contributed by atoms with E-state index >= 15 is 0 Å². The third kappa shape index (κ3) is 2.27. The Balaban J connectivity index is 2.14.